The van der Waals surface area contributed by atoms with Gasteiger partial charge in [-0.15, -0.1) is 0 Å². The van der Waals surface area contributed by atoms with E-state index in [-0.39, 0.29) is 23.3 Å². The molecule has 0 unspecified atom stereocenters. The summed E-state index contributed by atoms with van der Waals surface area (Å²) in [5, 5.41) is 7.47. The molecule has 4 aromatic rings. The van der Waals surface area contributed by atoms with E-state index in [9.17, 15) is 9.59 Å². The van der Waals surface area contributed by atoms with Crippen molar-refractivity contribution in [2.45, 2.75) is 33.1 Å². The van der Waals surface area contributed by atoms with Gasteiger partial charge >= 0.3 is 0 Å². The van der Waals surface area contributed by atoms with E-state index in [1.165, 1.54) is 4.68 Å². The number of aromatic amines is 1. The van der Waals surface area contributed by atoms with Crippen molar-refractivity contribution >= 4 is 11.7 Å². The summed E-state index contributed by atoms with van der Waals surface area (Å²) < 4.78 is 6.87. The largest absolute Gasteiger partial charge is 0.463 e. The van der Waals surface area contributed by atoms with E-state index in [2.05, 4.69) is 20.4 Å². The quantitative estimate of drug-likeness (QED) is 0.494. The van der Waals surface area contributed by atoms with Crippen LogP contribution in [-0.4, -0.2) is 25.7 Å². The number of aryl methyl sites for hydroxylation is 1. The third-order valence-corrected chi connectivity index (χ3v) is 5.24. The predicted octanol–water partition coefficient (Wildman–Crippen LogP) is 3.96. The van der Waals surface area contributed by atoms with E-state index in [4.69, 9.17) is 4.42 Å². The zero-order valence-corrected chi connectivity index (χ0v) is 17.5. The molecule has 4 rings (SSSR count). The van der Waals surface area contributed by atoms with E-state index in [1.807, 2.05) is 37.3 Å². The maximum absolute atomic E-state index is 13.1. The zero-order chi connectivity index (χ0) is 22.0. The van der Waals surface area contributed by atoms with Crippen molar-refractivity contribution in [1.29, 1.82) is 0 Å². The minimum absolute atomic E-state index is 0.174. The van der Waals surface area contributed by atoms with Crippen molar-refractivity contribution in [3.05, 3.63) is 82.0 Å². The third kappa shape index (κ3) is 4.05. The van der Waals surface area contributed by atoms with Crippen LogP contribution >= 0.6 is 0 Å². The molecular weight excluding hydrogens is 394 g/mol. The van der Waals surface area contributed by atoms with Gasteiger partial charge in [0.25, 0.3) is 5.56 Å². The Bertz CT molecular complexity index is 1260. The lowest BCUT2D eigenvalue weighted by molar-refractivity contribution is -0.117. The smallest absolute Gasteiger partial charge is 0.255 e. The molecule has 0 aliphatic carbocycles. The molecule has 2 N–H and O–H groups in total. The van der Waals surface area contributed by atoms with Crippen LogP contribution in [0.25, 0.3) is 17.4 Å². The first-order chi connectivity index (χ1) is 15.0. The SMILES string of the molecule is CC[C@@H](C(=O)Nc1cc(-c2ccco2)nn1-c1nc(C)c(C)c(=O)[nH]1)c1ccccc1. The number of rotatable bonds is 6. The van der Waals surface area contributed by atoms with Gasteiger partial charge in [-0.25, -0.2) is 4.98 Å². The summed E-state index contributed by atoms with van der Waals surface area (Å²) in [6.07, 6.45) is 2.18. The molecule has 3 aromatic heterocycles. The first-order valence-corrected chi connectivity index (χ1v) is 10.1. The number of furan rings is 1. The molecule has 0 bridgehead atoms. The van der Waals surface area contributed by atoms with Crippen molar-refractivity contribution in [3.63, 3.8) is 0 Å². The Morgan fingerprint density at radius 2 is 1.97 bits per heavy atom. The Balaban J connectivity index is 1.76. The summed E-state index contributed by atoms with van der Waals surface area (Å²) >= 11 is 0. The highest BCUT2D eigenvalue weighted by molar-refractivity contribution is 5.95. The topological polar surface area (TPSA) is 106 Å². The Hall–Kier alpha value is -3.94. The van der Waals surface area contributed by atoms with Gasteiger partial charge in [0, 0.05) is 17.3 Å². The number of aromatic nitrogens is 4. The number of amides is 1. The lowest BCUT2D eigenvalue weighted by Crippen LogP contribution is -2.24. The molecular formula is C23H23N5O3. The second kappa shape index (κ2) is 8.43. The Morgan fingerprint density at radius 1 is 1.19 bits per heavy atom. The molecule has 158 valence electrons. The molecule has 8 nitrogen and oxygen atoms in total. The molecule has 0 aliphatic heterocycles. The molecule has 1 atom stereocenters. The van der Waals surface area contributed by atoms with Crippen molar-refractivity contribution in [1.82, 2.24) is 19.7 Å². The number of hydrogen-bond donors (Lipinski definition) is 2. The van der Waals surface area contributed by atoms with Gasteiger partial charge in [0.2, 0.25) is 11.9 Å². The fourth-order valence-corrected chi connectivity index (χ4v) is 3.38. The Kier molecular flexibility index (Phi) is 5.53. The van der Waals surface area contributed by atoms with Crippen LogP contribution in [0.2, 0.25) is 0 Å². The summed E-state index contributed by atoms with van der Waals surface area (Å²) in [4.78, 5) is 32.6. The van der Waals surface area contributed by atoms with Gasteiger partial charge in [-0.3, -0.25) is 14.6 Å². The van der Waals surface area contributed by atoms with Gasteiger partial charge in [-0.2, -0.15) is 9.78 Å². The predicted molar refractivity (Wildman–Crippen MR) is 117 cm³/mol. The normalized spacial score (nSPS) is 12.0. The zero-order valence-electron chi connectivity index (χ0n) is 17.5. The van der Waals surface area contributed by atoms with Gasteiger partial charge < -0.3 is 9.73 Å². The number of anilines is 1. The lowest BCUT2D eigenvalue weighted by Gasteiger charge is -2.16. The van der Waals surface area contributed by atoms with Crippen molar-refractivity contribution in [2.24, 2.45) is 0 Å². The van der Waals surface area contributed by atoms with E-state index in [0.717, 1.165) is 5.56 Å². The Labute approximate surface area is 179 Å². The number of carbonyl (C=O) groups excluding carboxylic acids is 1. The fourth-order valence-electron chi connectivity index (χ4n) is 3.38. The Morgan fingerprint density at radius 3 is 2.61 bits per heavy atom. The number of H-pyrrole nitrogens is 1. The van der Waals surface area contributed by atoms with Crippen LogP contribution in [0.15, 0.2) is 64.0 Å². The van der Waals surface area contributed by atoms with E-state index >= 15 is 0 Å². The van der Waals surface area contributed by atoms with E-state index < -0.39 is 0 Å². The van der Waals surface area contributed by atoms with Crippen LogP contribution in [0.5, 0.6) is 0 Å². The number of nitrogens with zero attached hydrogens (tertiary/aromatic N) is 3. The highest BCUT2D eigenvalue weighted by atomic mass is 16.3. The van der Waals surface area contributed by atoms with Crippen LogP contribution in [0.4, 0.5) is 5.82 Å². The van der Waals surface area contributed by atoms with Crippen LogP contribution in [0.1, 0.15) is 36.1 Å². The molecule has 0 spiro atoms. The minimum Gasteiger partial charge on any atom is -0.463 e. The van der Waals surface area contributed by atoms with E-state index in [1.54, 1.807) is 38.3 Å². The molecule has 0 radical (unpaired) electrons. The molecule has 31 heavy (non-hydrogen) atoms. The van der Waals surface area contributed by atoms with Crippen molar-refractivity contribution in [3.8, 4) is 17.4 Å². The number of hydrogen-bond acceptors (Lipinski definition) is 5. The van der Waals surface area contributed by atoms with Gasteiger partial charge in [-0.1, -0.05) is 37.3 Å². The van der Waals surface area contributed by atoms with E-state index in [0.29, 0.717) is 35.0 Å². The molecule has 1 aromatic carbocycles. The van der Waals surface area contributed by atoms with Gasteiger partial charge in [0.05, 0.1) is 12.2 Å². The molecule has 1 amide bonds. The summed E-state index contributed by atoms with van der Waals surface area (Å²) in [7, 11) is 0. The lowest BCUT2D eigenvalue weighted by atomic mass is 9.96. The van der Waals surface area contributed by atoms with Crippen LogP contribution < -0.4 is 10.9 Å². The highest BCUT2D eigenvalue weighted by Crippen LogP contribution is 2.26. The monoisotopic (exact) mass is 417 g/mol. The fraction of sp³-hybridized carbons (Fsp3) is 0.217. The van der Waals surface area contributed by atoms with Crippen LogP contribution in [0, 0.1) is 13.8 Å². The van der Waals surface area contributed by atoms with Crippen LogP contribution in [-0.2, 0) is 4.79 Å². The first kappa shape index (κ1) is 20.3. The number of nitrogens with one attached hydrogen (secondary N) is 2. The second-order valence-electron chi connectivity index (χ2n) is 7.26. The summed E-state index contributed by atoms with van der Waals surface area (Å²) in [6, 6.07) is 14.8. The molecule has 0 fully saturated rings. The first-order valence-electron chi connectivity index (χ1n) is 10.1. The van der Waals surface area contributed by atoms with Crippen molar-refractivity contribution in [2.75, 3.05) is 5.32 Å². The maximum atomic E-state index is 13.1. The average molecular weight is 417 g/mol. The van der Waals surface area contributed by atoms with Crippen LogP contribution in [0.3, 0.4) is 0 Å². The number of carbonyl (C=O) groups is 1. The second-order valence-corrected chi connectivity index (χ2v) is 7.26. The maximum Gasteiger partial charge on any atom is 0.255 e. The summed E-state index contributed by atoms with van der Waals surface area (Å²) in [5.74, 6) is 0.636. The highest BCUT2D eigenvalue weighted by Gasteiger charge is 2.22. The van der Waals surface area contributed by atoms with Gasteiger partial charge in [0.1, 0.15) is 11.5 Å². The molecule has 3 heterocycles. The summed E-state index contributed by atoms with van der Waals surface area (Å²) in [6.45, 7) is 5.42. The number of benzene rings is 1. The summed E-state index contributed by atoms with van der Waals surface area (Å²) in [5.41, 5.74) is 2.29. The van der Waals surface area contributed by atoms with Crippen molar-refractivity contribution < 1.29 is 9.21 Å². The van der Waals surface area contributed by atoms with Gasteiger partial charge in [0.15, 0.2) is 5.76 Å². The molecule has 8 heteroatoms. The average Bonchev–Trinajstić information content (AvgIpc) is 3.43. The molecule has 0 saturated heterocycles. The molecule has 0 aliphatic rings. The minimum atomic E-state index is -0.330. The van der Waals surface area contributed by atoms with Gasteiger partial charge in [-0.05, 0) is 38.0 Å². The third-order valence-electron chi connectivity index (χ3n) is 5.24. The standard InChI is InChI=1S/C23H23N5O3/c1-4-17(16-9-6-5-7-10-16)22(30)25-20-13-18(19-11-8-12-31-19)27-28(20)23-24-15(3)14(2)21(29)26-23/h5-13,17H,4H2,1-3H3,(H,25,30)(H,24,26,29)/t17-/m1/s1. The molecule has 0 saturated carbocycles.